The number of carbonyl (C=O) groups excluding carboxylic acids is 1. The summed E-state index contributed by atoms with van der Waals surface area (Å²) in [6.45, 7) is 7.82. The number of aromatic nitrogens is 1. The first-order valence-corrected chi connectivity index (χ1v) is 9.19. The van der Waals surface area contributed by atoms with Crippen LogP contribution in [0.3, 0.4) is 0 Å². The van der Waals surface area contributed by atoms with Crippen molar-refractivity contribution in [3.05, 3.63) is 28.4 Å². The lowest BCUT2D eigenvalue weighted by Crippen LogP contribution is -2.50. The van der Waals surface area contributed by atoms with Gasteiger partial charge in [-0.15, -0.1) is 0 Å². The van der Waals surface area contributed by atoms with Crippen LogP contribution in [0.5, 0.6) is 0 Å². The highest BCUT2D eigenvalue weighted by atomic mass is 16.6. The second kappa shape index (κ2) is 7.67. The van der Waals surface area contributed by atoms with Gasteiger partial charge in [0.05, 0.1) is 24.9 Å². The van der Waals surface area contributed by atoms with E-state index in [1.54, 1.807) is 11.0 Å². The fraction of sp³-hybridized carbons (Fsp3) is 0.667. The fourth-order valence-corrected chi connectivity index (χ4v) is 3.04. The fourth-order valence-electron chi connectivity index (χ4n) is 3.04. The van der Waals surface area contributed by atoms with E-state index in [0.29, 0.717) is 26.2 Å². The molecule has 2 aliphatic rings. The number of carbonyl (C=O) groups is 1. The third-order valence-electron chi connectivity index (χ3n) is 4.44. The predicted octanol–water partition coefficient (Wildman–Crippen LogP) is 2.59. The molecule has 1 atom stereocenters. The molecule has 1 aromatic heterocycles. The third kappa shape index (κ3) is 5.29. The van der Waals surface area contributed by atoms with E-state index in [2.05, 4.69) is 9.88 Å². The maximum Gasteiger partial charge on any atom is 0.410 e. The van der Waals surface area contributed by atoms with Gasteiger partial charge in [-0.1, -0.05) is 0 Å². The van der Waals surface area contributed by atoms with Crippen LogP contribution in [0.15, 0.2) is 18.3 Å². The number of anilines is 1. The standard InChI is InChI=1S/C18H26N4O5/c1-18(2,3)27-17(23)21(13-4-5-13)12-15-11-20(8-9-26-15)14-6-7-16(19-10-14)22(24)25/h6-7,10,13,15H,4-5,8-9,11-12H2,1-3H3/t15-/m0/s1. The van der Waals surface area contributed by atoms with Crippen LogP contribution in [-0.2, 0) is 9.47 Å². The number of hydrogen-bond donors (Lipinski definition) is 0. The maximum atomic E-state index is 12.5. The quantitative estimate of drug-likeness (QED) is 0.574. The molecular weight excluding hydrogens is 352 g/mol. The average molecular weight is 378 g/mol. The number of pyridine rings is 1. The Kier molecular flexibility index (Phi) is 5.50. The zero-order valence-corrected chi connectivity index (χ0v) is 16.0. The topological polar surface area (TPSA) is 98.0 Å². The summed E-state index contributed by atoms with van der Waals surface area (Å²) in [7, 11) is 0. The van der Waals surface area contributed by atoms with E-state index in [1.807, 2.05) is 20.8 Å². The number of nitro groups is 1. The largest absolute Gasteiger partial charge is 0.444 e. The molecule has 2 fully saturated rings. The molecule has 1 saturated carbocycles. The van der Waals surface area contributed by atoms with Gasteiger partial charge in [0.2, 0.25) is 0 Å². The summed E-state index contributed by atoms with van der Waals surface area (Å²) in [4.78, 5) is 30.5. The van der Waals surface area contributed by atoms with Gasteiger partial charge in [0.15, 0.2) is 6.20 Å². The zero-order valence-electron chi connectivity index (χ0n) is 16.0. The molecule has 0 unspecified atom stereocenters. The van der Waals surface area contributed by atoms with Gasteiger partial charge in [-0.2, -0.15) is 0 Å². The van der Waals surface area contributed by atoms with Crippen molar-refractivity contribution in [2.75, 3.05) is 31.1 Å². The molecule has 0 bridgehead atoms. The first-order valence-electron chi connectivity index (χ1n) is 9.19. The van der Waals surface area contributed by atoms with Crippen molar-refractivity contribution in [2.45, 2.75) is 51.4 Å². The summed E-state index contributed by atoms with van der Waals surface area (Å²) in [5.74, 6) is -0.173. The van der Waals surface area contributed by atoms with Crippen molar-refractivity contribution in [3.8, 4) is 0 Å². The first-order chi connectivity index (χ1) is 12.7. The molecule has 9 heteroatoms. The van der Waals surface area contributed by atoms with Gasteiger partial charge < -0.3 is 29.4 Å². The molecule has 0 radical (unpaired) electrons. The molecule has 9 nitrogen and oxygen atoms in total. The van der Waals surface area contributed by atoms with Gasteiger partial charge in [0.1, 0.15) is 5.60 Å². The number of amides is 1. The molecule has 1 aliphatic carbocycles. The normalized spacial score (nSPS) is 20.3. The molecule has 1 saturated heterocycles. The molecule has 148 valence electrons. The van der Waals surface area contributed by atoms with Crippen LogP contribution in [0.1, 0.15) is 33.6 Å². The van der Waals surface area contributed by atoms with Crippen molar-refractivity contribution in [3.63, 3.8) is 0 Å². The summed E-state index contributed by atoms with van der Waals surface area (Å²) in [6.07, 6.45) is 3.03. The Morgan fingerprint density at radius 3 is 2.74 bits per heavy atom. The van der Waals surface area contributed by atoms with E-state index in [9.17, 15) is 14.9 Å². The molecule has 0 spiro atoms. The highest BCUT2D eigenvalue weighted by Gasteiger charge is 2.37. The van der Waals surface area contributed by atoms with Crippen LogP contribution >= 0.6 is 0 Å². The van der Waals surface area contributed by atoms with Crippen LogP contribution in [0.25, 0.3) is 0 Å². The zero-order chi connectivity index (χ0) is 19.6. The summed E-state index contributed by atoms with van der Waals surface area (Å²) in [5.41, 5.74) is 0.276. The Labute approximate surface area is 158 Å². The van der Waals surface area contributed by atoms with Crippen molar-refractivity contribution in [1.29, 1.82) is 0 Å². The maximum absolute atomic E-state index is 12.5. The van der Waals surface area contributed by atoms with Gasteiger partial charge >= 0.3 is 11.9 Å². The van der Waals surface area contributed by atoms with Crippen molar-refractivity contribution >= 4 is 17.6 Å². The lowest BCUT2D eigenvalue weighted by Gasteiger charge is -2.37. The minimum atomic E-state index is -0.534. The van der Waals surface area contributed by atoms with E-state index >= 15 is 0 Å². The van der Waals surface area contributed by atoms with Crippen molar-refractivity contribution < 1.29 is 19.2 Å². The Hall–Kier alpha value is -2.42. The van der Waals surface area contributed by atoms with Crippen molar-refractivity contribution in [1.82, 2.24) is 9.88 Å². The SMILES string of the molecule is CC(C)(C)OC(=O)N(C[C@@H]1CN(c2ccc([N+](=O)[O-])nc2)CCO1)C1CC1. The van der Waals surface area contributed by atoms with E-state index in [4.69, 9.17) is 9.47 Å². The first kappa shape index (κ1) is 19.3. The van der Waals surface area contributed by atoms with Crippen LogP contribution < -0.4 is 4.90 Å². The highest BCUT2D eigenvalue weighted by molar-refractivity contribution is 5.69. The van der Waals surface area contributed by atoms with Crippen LogP contribution in [0.4, 0.5) is 16.3 Å². The summed E-state index contributed by atoms with van der Waals surface area (Å²) >= 11 is 0. The second-order valence-electron chi connectivity index (χ2n) is 7.93. The Morgan fingerprint density at radius 1 is 1.44 bits per heavy atom. The molecule has 1 amide bonds. The minimum Gasteiger partial charge on any atom is -0.444 e. The second-order valence-corrected chi connectivity index (χ2v) is 7.93. The number of nitrogens with zero attached hydrogens (tertiary/aromatic N) is 4. The molecule has 3 rings (SSSR count). The number of ether oxygens (including phenoxy) is 2. The summed E-state index contributed by atoms with van der Waals surface area (Å²) < 4.78 is 11.4. The van der Waals surface area contributed by atoms with E-state index in [-0.39, 0.29) is 24.1 Å². The molecule has 27 heavy (non-hydrogen) atoms. The van der Waals surface area contributed by atoms with E-state index in [1.165, 1.54) is 12.3 Å². The van der Waals surface area contributed by atoms with E-state index in [0.717, 1.165) is 18.5 Å². The molecule has 2 heterocycles. The lowest BCUT2D eigenvalue weighted by atomic mass is 10.2. The van der Waals surface area contributed by atoms with Gasteiger partial charge in [-0.3, -0.25) is 0 Å². The summed E-state index contributed by atoms with van der Waals surface area (Å²) in [5, 5.41) is 10.8. The third-order valence-corrected chi connectivity index (χ3v) is 4.44. The Morgan fingerprint density at radius 2 is 2.19 bits per heavy atom. The Bertz CT molecular complexity index is 684. The average Bonchev–Trinajstić information content (AvgIpc) is 3.43. The number of morpholine rings is 1. The monoisotopic (exact) mass is 378 g/mol. The van der Waals surface area contributed by atoms with Gasteiger partial charge in [0.25, 0.3) is 0 Å². The number of rotatable bonds is 5. The predicted molar refractivity (Wildman–Crippen MR) is 98.8 cm³/mol. The molecule has 0 N–H and O–H groups in total. The number of hydrogen-bond acceptors (Lipinski definition) is 7. The minimum absolute atomic E-state index is 0.151. The Balaban J connectivity index is 1.62. The van der Waals surface area contributed by atoms with Crippen molar-refractivity contribution in [2.24, 2.45) is 0 Å². The molecule has 1 aliphatic heterocycles. The van der Waals surface area contributed by atoms with Gasteiger partial charge in [-0.05, 0) is 49.6 Å². The molecule has 1 aromatic rings. The van der Waals surface area contributed by atoms with Gasteiger partial charge in [0, 0.05) is 25.2 Å². The molecule has 0 aromatic carbocycles. The van der Waals surface area contributed by atoms with Crippen LogP contribution in [0.2, 0.25) is 0 Å². The smallest absolute Gasteiger partial charge is 0.410 e. The van der Waals surface area contributed by atoms with Crippen LogP contribution in [-0.4, -0.2) is 64.9 Å². The summed E-state index contributed by atoms with van der Waals surface area (Å²) in [6, 6.07) is 3.32. The molecular formula is C18H26N4O5. The van der Waals surface area contributed by atoms with Crippen LogP contribution in [0, 0.1) is 10.1 Å². The van der Waals surface area contributed by atoms with Gasteiger partial charge in [-0.25, -0.2) is 4.79 Å². The highest BCUT2D eigenvalue weighted by Crippen LogP contribution is 2.29. The van der Waals surface area contributed by atoms with E-state index < -0.39 is 10.5 Å². The lowest BCUT2D eigenvalue weighted by molar-refractivity contribution is -0.389.